The van der Waals surface area contributed by atoms with Gasteiger partial charge in [-0.15, -0.1) is 0 Å². The molecule has 1 aromatic rings. The van der Waals surface area contributed by atoms with Crippen LogP contribution in [-0.2, 0) is 20.7 Å². The van der Waals surface area contributed by atoms with Crippen molar-refractivity contribution in [2.75, 3.05) is 26.7 Å². The molecular weight excluding hydrogens is 364 g/mol. The normalized spacial score (nSPS) is 22.5. The van der Waals surface area contributed by atoms with Gasteiger partial charge in [-0.2, -0.15) is 5.10 Å². The number of benzene rings is 1. The van der Waals surface area contributed by atoms with Crippen LogP contribution < -0.4 is 5.73 Å². The Morgan fingerprint density at radius 1 is 1.36 bits per heavy atom. The maximum Gasteiger partial charge on any atom is 0.405 e. The van der Waals surface area contributed by atoms with Crippen molar-refractivity contribution in [1.29, 1.82) is 0 Å². The van der Waals surface area contributed by atoms with Crippen LogP contribution in [0.3, 0.4) is 0 Å². The summed E-state index contributed by atoms with van der Waals surface area (Å²) >= 11 is 0. The van der Waals surface area contributed by atoms with Crippen LogP contribution in [-0.4, -0.2) is 71.5 Å². The van der Waals surface area contributed by atoms with Crippen molar-refractivity contribution in [3.63, 3.8) is 0 Å². The first-order valence-corrected chi connectivity index (χ1v) is 9.13. The first-order valence-electron chi connectivity index (χ1n) is 9.13. The van der Waals surface area contributed by atoms with Gasteiger partial charge in [-0.3, -0.25) is 9.59 Å². The number of likely N-dealkylation sites (tertiary alicyclic amines) is 1. The van der Waals surface area contributed by atoms with Gasteiger partial charge in [-0.25, -0.2) is 9.80 Å². The summed E-state index contributed by atoms with van der Waals surface area (Å²) < 4.78 is 4.88. The van der Waals surface area contributed by atoms with Gasteiger partial charge in [0.25, 0.3) is 11.8 Å². The molecule has 0 aromatic heterocycles. The van der Waals surface area contributed by atoms with E-state index in [0.717, 1.165) is 11.3 Å². The van der Waals surface area contributed by atoms with Gasteiger partial charge >= 0.3 is 6.09 Å². The summed E-state index contributed by atoms with van der Waals surface area (Å²) in [6.45, 7) is 0.146. The van der Waals surface area contributed by atoms with Gasteiger partial charge in [0.15, 0.2) is 6.10 Å². The number of amides is 3. The Morgan fingerprint density at radius 3 is 2.71 bits per heavy atom. The summed E-state index contributed by atoms with van der Waals surface area (Å²) in [5.74, 6) is -0.639. The molecule has 150 valence electrons. The van der Waals surface area contributed by atoms with Crippen molar-refractivity contribution in [1.82, 2.24) is 9.91 Å². The van der Waals surface area contributed by atoms with Crippen LogP contribution >= 0.6 is 0 Å². The van der Waals surface area contributed by atoms with Crippen LogP contribution in [0, 0.1) is 5.41 Å². The number of aliphatic hydroxyl groups excluding tert-OH is 1. The highest BCUT2D eigenvalue weighted by molar-refractivity contribution is 6.13. The molecule has 0 saturated carbocycles. The first kappa shape index (κ1) is 19.8. The summed E-state index contributed by atoms with van der Waals surface area (Å²) in [7, 11) is 1.61. The lowest BCUT2D eigenvalue weighted by molar-refractivity contribution is -0.145. The Morgan fingerprint density at radius 2 is 2.07 bits per heavy atom. The second kappa shape index (κ2) is 7.97. The van der Waals surface area contributed by atoms with E-state index in [1.165, 1.54) is 9.91 Å². The van der Waals surface area contributed by atoms with Crippen molar-refractivity contribution in [3.05, 3.63) is 35.9 Å². The monoisotopic (exact) mass is 388 g/mol. The van der Waals surface area contributed by atoms with Crippen LogP contribution in [0.25, 0.3) is 0 Å². The molecule has 1 fully saturated rings. The number of carbonyl (C=O) groups is 3. The highest BCUT2D eigenvalue weighted by Crippen LogP contribution is 2.38. The van der Waals surface area contributed by atoms with Crippen molar-refractivity contribution in [3.8, 4) is 0 Å². The minimum absolute atomic E-state index is 0.0568. The molecule has 3 N–H and O–H groups in total. The molecule has 28 heavy (non-hydrogen) atoms. The van der Waals surface area contributed by atoms with E-state index < -0.39 is 23.5 Å². The number of hydrogen-bond donors (Lipinski definition) is 2. The van der Waals surface area contributed by atoms with Gasteiger partial charge in [0, 0.05) is 39.6 Å². The van der Waals surface area contributed by atoms with Gasteiger partial charge in [0.1, 0.15) is 5.41 Å². The van der Waals surface area contributed by atoms with Crippen LogP contribution in [0.2, 0.25) is 0 Å². The lowest BCUT2D eigenvalue weighted by Crippen LogP contribution is -2.57. The molecule has 1 unspecified atom stereocenters. The topological polar surface area (TPSA) is 126 Å². The van der Waals surface area contributed by atoms with Crippen LogP contribution in [0.4, 0.5) is 4.79 Å². The fourth-order valence-electron chi connectivity index (χ4n) is 3.91. The molecule has 2 atom stereocenters. The zero-order valence-corrected chi connectivity index (χ0v) is 15.7. The third-order valence-electron chi connectivity index (χ3n) is 5.19. The molecule has 0 bridgehead atoms. The number of piperidine rings is 1. The minimum atomic E-state index is -1.18. The van der Waals surface area contributed by atoms with E-state index in [4.69, 9.17) is 10.5 Å². The smallest absolute Gasteiger partial charge is 0.405 e. The SMILES string of the molecule is CN1N=C2CCN(C(=O)C(CCO)OC(N)=O)C[C@@]2(Cc2ccccc2)C1=O. The van der Waals surface area contributed by atoms with E-state index in [1.807, 2.05) is 30.3 Å². The maximum atomic E-state index is 13.0. The summed E-state index contributed by atoms with van der Waals surface area (Å²) in [6, 6.07) is 9.56. The third kappa shape index (κ3) is 3.70. The van der Waals surface area contributed by atoms with E-state index in [2.05, 4.69) is 5.10 Å². The number of aliphatic hydroxyl groups is 1. The summed E-state index contributed by atoms with van der Waals surface area (Å²) in [4.78, 5) is 38.6. The molecule has 0 aliphatic carbocycles. The number of hydrazone groups is 1. The molecule has 3 amide bonds. The van der Waals surface area contributed by atoms with Gasteiger partial charge in [-0.1, -0.05) is 30.3 Å². The molecule has 1 aromatic carbocycles. The molecular formula is C19H24N4O5. The molecule has 0 radical (unpaired) electrons. The molecule has 2 heterocycles. The largest absolute Gasteiger partial charge is 0.436 e. The highest BCUT2D eigenvalue weighted by Gasteiger charge is 2.53. The van der Waals surface area contributed by atoms with Crippen molar-refractivity contribution < 1.29 is 24.2 Å². The Hall–Kier alpha value is -2.94. The number of nitrogens with two attached hydrogens (primary N) is 1. The van der Waals surface area contributed by atoms with E-state index in [9.17, 15) is 19.5 Å². The lowest BCUT2D eigenvalue weighted by atomic mass is 9.73. The fourth-order valence-corrected chi connectivity index (χ4v) is 3.91. The zero-order valence-electron chi connectivity index (χ0n) is 15.7. The predicted molar refractivity (Wildman–Crippen MR) is 100 cm³/mol. The van der Waals surface area contributed by atoms with Gasteiger partial charge in [-0.05, 0) is 12.0 Å². The molecule has 0 spiro atoms. The predicted octanol–water partition coefficient (Wildman–Crippen LogP) is 0.122. The molecule has 2 aliphatic rings. The van der Waals surface area contributed by atoms with E-state index in [0.29, 0.717) is 19.4 Å². The number of rotatable bonds is 6. The Bertz CT molecular complexity index is 797. The van der Waals surface area contributed by atoms with Gasteiger partial charge in [0.05, 0.1) is 5.71 Å². The first-order chi connectivity index (χ1) is 13.4. The number of ether oxygens (including phenoxy) is 1. The average molecular weight is 388 g/mol. The van der Waals surface area contributed by atoms with Gasteiger partial charge in [0.2, 0.25) is 0 Å². The van der Waals surface area contributed by atoms with Crippen LogP contribution in [0.1, 0.15) is 18.4 Å². The highest BCUT2D eigenvalue weighted by atomic mass is 16.6. The standard InChI is InChI=1S/C19H24N4O5/c1-22-17(26)19(11-13-5-3-2-4-6-13)12-23(9-7-15(19)21-22)16(25)14(8-10-24)28-18(20)27/h2-6,14,24H,7-12H2,1H3,(H2,20,27)/t14?,19-/m1/s1. The lowest BCUT2D eigenvalue weighted by Gasteiger charge is -2.40. The number of carbonyl (C=O) groups excluding carboxylic acids is 3. The van der Waals surface area contributed by atoms with E-state index in [1.54, 1.807) is 7.05 Å². The molecule has 1 saturated heterocycles. The quantitative estimate of drug-likeness (QED) is 0.716. The Kier molecular flexibility index (Phi) is 5.64. The van der Waals surface area contributed by atoms with Crippen LogP contribution in [0.5, 0.6) is 0 Å². The summed E-state index contributed by atoms with van der Waals surface area (Å²) in [5.41, 5.74) is 5.83. The van der Waals surface area contributed by atoms with Crippen molar-refractivity contribution in [2.24, 2.45) is 16.3 Å². The second-order valence-electron chi connectivity index (χ2n) is 7.07. The van der Waals surface area contributed by atoms with Crippen molar-refractivity contribution in [2.45, 2.75) is 25.4 Å². The van der Waals surface area contributed by atoms with Gasteiger partial charge < -0.3 is 20.5 Å². The maximum absolute atomic E-state index is 13.0. The Labute approximate surface area is 162 Å². The zero-order chi connectivity index (χ0) is 20.3. The third-order valence-corrected chi connectivity index (χ3v) is 5.19. The molecule has 9 heteroatoms. The molecule has 9 nitrogen and oxygen atoms in total. The van der Waals surface area contributed by atoms with Crippen molar-refractivity contribution >= 4 is 23.6 Å². The average Bonchev–Trinajstić information content (AvgIpc) is 2.91. The number of primary amides is 1. The fraction of sp³-hybridized carbons (Fsp3) is 0.474. The van der Waals surface area contributed by atoms with E-state index in [-0.39, 0.29) is 25.5 Å². The minimum Gasteiger partial charge on any atom is -0.436 e. The molecule has 2 aliphatic heterocycles. The summed E-state index contributed by atoms with van der Waals surface area (Å²) in [5, 5.41) is 14.9. The number of nitrogens with zero attached hydrogens (tertiary/aromatic N) is 3. The van der Waals surface area contributed by atoms with Crippen LogP contribution in [0.15, 0.2) is 35.4 Å². The Balaban J connectivity index is 1.87. The number of hydrogen-bond acceptors (Lipinski definition) is 6. The second-order valence-corrected chi connectivity index (χ2v) is 7.07. The van der Waals surface area contributed by atoms with E-state index >= 15 is 0 Å². The number of fused-ring (bicyclic) bond motifs is 1. The molecule has 3 rings (SSSR count). The summed E-state index contributed by atoms with van der Waals surface area (Å²) in [6.07, 6.45) is -1.46.